The molecule has 1 N–H and O–H groups in total. The smallest absolute Gasteiger partial charge is 0.0512 e. The molecule has 0 saturated carbocycles. The first-order valence-electron chi connectivity index (χ1n) is 8.63. The van der Waals surface area contributed by atoms with E-state index >= 15 is 0 Å². The molecule has 0 aliphatic rings. The molecule has 0 heterocycles. The van der Waals surface area contributed by atoms with Crippen LogP contribution in [0.4, 0.5) is 0 Å². The Morgan fingerprint density at radius 1 is 0.737 bits per heavy atom. The highest BCUT2D eigenvalue weighted by Crippen LogP contribution is 2.23. The van der Waals surface area contributed by atoms with E-state index in [1.54, 1.807) is 0 Å². The molecule has 116 valence electrons. The van der Waals surface area contributed by atoms with E-state index < -0.39 is 0 Å². The predicted molar refractivity (Wildman–Crippen MR) is 86.4 cm³/mol. The van der Waals surface area contributed by atoms with Gasteiger partial charge < -0.3 is 5.11 Å². The van der Waals surface area contributed by atoms with Gasteiger partial charge in [-0.1, -0.05) is 72.6 Å². The van der Waals surface area contributed by atoms with Crippen molar-refractivity contribution in [1.82, 2.24) is 0 Å². The summed E-state index contributed by atoms with van der Waals surface area (Å²) in [4.78, 5) is 0. The van der Waals surface area contributed by atoms with Gasteiger partial charge in [0.25, 0.3) is 0 Å². The number of rotatable bonds is 12. The third kappa shape index (κ3) is 12.7. The standard InChI is InChI=1S/C18H38O/c1-6-18(14-13-17(5)19)12-8-11-16(4)10-7-9-15(2)3/h15-19H,6-14H2,1-5H3. The van der Waals surface area contributed by atoms with Gasteiger partial charge in [0.1, 0.15) is 0 Å². The first kappa shape index (κ1) is 19.0. The van der Waals surface area contributed by atoms with Gasteiger partial charge in [0, 0.05) is 0 Å². The summed E-state index contributed by atoms with van der Waals surface area (Å²) < 4.78 is 0. The first-order chi connectivity index (χ1) is 8.95. The highest BCUT2D eigenvalue weighted by molar-refractivity contribution is 4.62. The summed E-state index contributed by atoms with van der Waals surface area (Å²) in [6.45, 7) is 11.2. The van der Waals surface area contributed by atoms with Crippen LogP contribution >= 0.6 is 0 Å². The molecular formula is C18H38O. The fourth-order valence-corrected chi connectivity index (χ4v) is 2.80. The van der Waals surface area contributed by atoms with Gasteiger partial charge in [-0.05, 0) is 37.5 Å². The van der Waals surface area contributed by atoms with Crippen molar-refractivity contribution < 1.29 is 5.11 Å². The van der Waals surface area contributed by atoms with Crippen molar-refractivity contribution in [2.75, 3.05) is 0 Å². The average molecular weight is 271 g/mol. The summed E-state index contributed by atoms with van der Waals surface area (Å²) >= 11 is 0. The molecule has 0 fully saturated rings. The van der Waals surface area contributed by atoms with E-state index in [2.05, 4.69) is 27.7 Å². The molecule has 1 heteroatoms. The number of aliphatic hydroxyl groups is 1. The number of aliphatic hydroxyl groups excluding tert-OH is 1. The van der Waals surface area contributed by atoms with E-state index in [4.69, 9.17) is 0 Å². The molecule has 0 aromatic heterocycles. The quantitative estimate of drug-likeness (QED) is 0.474. The van der Waals surface area contributed by atoms with E-state index in [9.17, 15) is 5.11 Å². The molecule has 0 spiro atoms. The maximum absolute atomic E-state index is 9.35. The molecule has 3 unspecified atom stereocenters. The molecule has 3 atom stereocenters. The zero-order valence-electron chi connectivity index (χ0n) is 14.1. The zero-order chi connectivity index (χ0) is 14.7. The SMILES string of the molecule is CCC(CCCC(C)CCCC(C)C)CCC(C)O. The number of hydrogen-bond donors (Lipinski definition) is 1. The van der Waals surface area contributed by atoms with E-state index in [0.717, 1.165) is 24.2 Å². The summed E-state index contributed by atoms with van der Waals surface area (Å²) in [5.41, 5.74) is 0. The van der Waals surface area contributed by atoms with Gasteiger partial charge >= 0.3 is 0 Å². The summed E-state index contributed by atoms with van der Waals surface area (Å²) in [5.74, 6) is 2.59. The summed E-state index contributed by atoms with van der Waals surface area (Å²) in [7, 11) is 0. The monoisotopic (exact) mass is 270 g/mol. The van der Waals surface area contributed by atoms with E-state index in [-0.39, 0.29) is 6.10 Å². The third-order valence-corrected chi connectivity index (χ3v) is 4.36. The lowest BCUT2D eigenvalue weighted by atomic mass is 9.89. The van der Waals surface area contributed by atoms with Crippen molar-refractivity contribution in [3.63, 3.8) is 0 Å². The van der Waals surface area contributed by atoms with Crippen molar-refractivity contribution in [3.05, 3.63) is 0 Å². The van der Waals surface area contributed by atoms with Crippen LogP contribution in [0, 0.1) is 17.8 Å². The highest BCUT2D eigenvalue weighted by Gasteiger charge is 2.09. The molecule has 0 bridgehead atoms. The Labute approximate surface area is 122 Å². The molecule has 0 aromatic rings. The minimum absolute atomic E-state index is 0.121. The van der Waals surface area contributed by atoms with Crippen molar-refractivity contribution in [2.24, 2.45) is 17.8 Å². The van der Waals surface area contributed by atoms with Crippen molar-refractivity contribution in [2.45, 2.75) is 98.5 Å². The molecule has 1 nitrogen and oxygen atoms in total. The van der Waals surface area contributed by atoms with Gasteiger partial charge in [-0.3, -0.25) is 0 Å². The molecule has 19 heavy (non-hydrogen) atoms. The minimum atomic E-state index is -0.121. The second-order valence-corrected chi connectivity index (χ2v) is 7.06. The van der Waals surface area contributed by atoms with Gasteiger partial charge in [0.15, 0.2) is 0 Å². The van der Waals surface area contributed by atoms with Gasteiger partial charge in [-0.25, -0.2) is 0 Å². The average Bonchev–Trinajstić information content (AvgIpc) is 2.32. The lowest BCUT2D eigenvalue weighted by Crippen LogP contribution is -2.06. The first-order valence-corrected chi connectivity index (χ1v) is 8.63. The Bertz CT molecular complexity index is 186. The van der Waals surface area contributed by atoms with E-state index in [1.807, 2.05) is 6.92 Å². The van der Waals surface area contributed by atoms with Crippen LogP contribution in [0.1, 0.15) is 92.4 Å². The Hall–Kier alpha value is -0.0400. The molecule has 0 aliphatic carbocycles. The number of hydrogen-bond acceptors (Lipinski definition) is 1. The zero-order valence-corrected chi connectivity index (χ0v) is 14.1. The van der Waals surface area contributed by atoms with Crippen molar-refractivity contribution in [3.8, 4) is 0 Å². The maximum atomic E-state index is 9.35. The van der Waals surface area contributed by atoms with Crippen molar-refractivity contribution in [1.29, 1.82) is 0 Å². The topological polar surface area (TPSA) is 20.2 Å². The predicted octanol–water partition coefficient (Wildman–Crippen LogP) is 5.81. The van der Waals surface area contributed by atoms with Gasteiger partial charge in [-0.15, -0.1) is 0 Å². The van der Waals surface area contributed by atoms with Crippen LogP contribution in [0.25, 0.3) is 0 Å². The molecule has 0 radical (unpaired) electrons. The second kappa shape index (κ2) is 11.8. The lowest BCUT2D eigenvalue weighted by Gasteiger charge is -2.17. The Balaban J connectivity index is 3.57. The summed E-state index contributed by atoms with van der Waals surface area (Å²) in [6, 6.07) is 0. The fraction of sp³-hybridized carbons (Fsp3) is 1.00. The van der Waals surface area contributed by atoms with Crippen LogP contribution in [-0.4, -0.2) is 11.2 Å². The van der Waals surface area contributed by atoms with Crippen LogP contribution in [0.15, 0.2) is 0 Å². The Morgan fingerprint density at radius 2 is 1.32 bits per heavy atom. The van der Waals surface area contributed by atoms with Gasteiger partial charge in [0.05, 0.1) is 6.10 Å². The van der Waals surface area contributed by atoms with Crippen LogP contribution in [0.2, 0.25) is 0 Å². The third-order valence-electron chi connectivity index (χ3n) is 4.36. The molecule has 0 saturated heterocycles. The van der Waals surface area contributed by atoms with Crippen LogP contribution in [0.5, 0.6) is 0 Å². The van der Waals surface area contributed by atoms with Gasteiger partial charge in [-0.2, -0.15) is 0 Å². The van der Waals surface area contributed by atoms with Crippen molar-refractivity contribution >= 4 is 0 Å². The summed E-state index contributed by atoms with van der Waals surface area (Å²) in [5, 5.41) is 9.35. The molecule has 0 amide bonds. The molecule has 0 aliphatic heterocycles. The molecule has 0 aromatic carbocycles. The summed E-state index contributed by atoms with van der Waals surface area (Å²) in [6.07, 6.45) is 11.6. The van der Waals surface area contributed by atoms with Crippen LogP contribution in [-0.2, 0) is 0 Å². The largest absolute Gasteiger partial charge is 0.393 e. The molecular weight excluding hydrogens is 232 g/mol. The van der Waals surface area contributed by atoms with Crippen LogP contribution < -0.4 is 0 Å². The van der Waals surface area contributed by atoms with E-state index in [1.165, 1.54) is 51.4 Å². The van der Waals surface area contributed by atoms with E-state index in [0.29, 0.717) is 0 Å². The Morgan fingerprint density at radius 3 is 1.79 bits per heavy atom. The van der Waals surface area contributed by atoms with Crippen LogP contribution in [0.3, 0.4) is 0 Å². The lowest BCUT2D eigenvalue weighted by molar-refractivity contribution is 0.170. The normalized spacial score (nSPS) is 16.6. The minimum Gasteiger partial charge on any atom is -0.393 e. The highest BCUT2D eigenvalue weighted by atomic mass is 16.3. The van der Waals surface area contributed by atoms with Gasteiger partial charge in [0.2, 0.25) is 0 Å². The fourth-order valence-electron chi connectivity index (χ4n) is 2.80. The second-order valence-electron chi connectivity index (χ2n) is 7.06. The molecule has 0 rings (SSSR count). The maximum Gasteiger partial charge on any atom is 0.0512 e. The Kier molecular flexibility index (Phi) is 11.7.